The molecule has 0 bridgehead atoms. The summed E-state index contributed by atoms with van der Waals surface area (Å²) in [5, 5.41) is 6.84. The van der Waals surface area contributed by atoms with Crippen LogP contribution in [0, 0.1) is 26.7 Å². The van der Waals surface area contributed by atoms with Crippen molar-refractivity contribution in [2.45, 2.75) is 47.1 Å². The molecule has 0 saturated carbocycles. The zero-order valence-corrected chi connectivity index (χ0v) is 19.5. The minimum atomic E-state index is -0.826. The number of hydrogen-bond donors (Lipinski definition) is 1. The van der Waals surface area contributed by atoms with Gasteiger partial charge in [-0.3, -0.25) is 4.79 Å². The van der Waals surface area contributed by atoms with Crippen molar-refractivity contribution in [1.82, 2.24) is 15.5 Å². The maximum absolute atomic E-state index is 12.9. The molecule has 10 nitrogen and oxygen atoms in total. The van der Waals surface area contributed by atoms with Crippen molar-refractivity contribution < 1.29 is 32.8 Å². The highest BCUT2D eigenvalue weighted by atomic mass is 16.5. The van der Waals surface area contributed by atoms with Crippen molar-refractivity contribution in [2.24, 2.45) is 5.92 Å². The Kier molecular flexibility index (Phi) is 7.15. The second-order valence-corrected chi connectivity index (χ2v) is 8.18. The van der Waals surface area contributed by atoms with Crippen molar-refractivity contribution in [3.05, 3.63) is 34.9 Å². The minimum absolute atomic E-state index is 0.145. The van der Waals surface area contributed by atoms with Gasteiger partial charge in [0.25, 0.3) is 11.6 Å². The van der Waals surface area contributed by atoms with Crippen molar-refractivity contribution in [1.29, 1.82) is 0 Å². The number of methoxy groups -OCH3 is 1. The largest absolute Gasteiger partial charge is 0.467 e. The Balaban J connectivity index is 1.82. The van der Waals surface area contributed by atoms with Gasteiger partial charge in [0.1, 0.15) is 17.6 Å². The number of nitrogens with one attached hydrogen (secondary N) is 1. The lowest BCUT2D eigenvalue weighted by Crippen LogP contribution is -2.44. The van der Waals surface area contributed by atoms with Crippen LogP contribution in [0.25, 0.3) is 22.4 Å². The number of hydrogen-bond acceptors (Lipinski definition) is 9. The molecule has 0 saturated heterocycles. The van der Waals surface area contributed by atoms with Crippen LogP contribution in [0.5, 0.6) is 0 Å². The van der Waals surface area contributed by atoms with E-state index in [9.17, 15) is 14.4 Å². The number of nitrogens with zero attached hydrogens (tertiary/aromatic N) is 2. The predicted octanol–water partition coefficient (Wildman–Crippen LogP) is 3.27. The normalized spacial score (nSPS) is 12.1. The van der Waals surface area contributed by atoms with Crippen LogP contribution in [-0.4, -0.2) is 47.7 Å². The third kappa shape index (κ3) is 5.39. The van der Waals surface area contributed by atoms with Crippen molar-refractivity contribution in [3.8, 4) is 11.3 Å². The van der Waals surface area contributed by atoms with Gasteiger partial charge in [-0.1, -0.05) is 19.0 Å². The second kappa shape index (κ2) is 9.85. The van der Waals surface area contributed by atoms with Gasteiger partial charge in [0.2, 0.25) is 0 Å². The summed E-state index contributed by atoms with van der Waals surface area (Å²) in [5.74, 6) is -0.453. The summed E-state index contributed by atoms with van der Waals surface area (Å²) >= 11 is 0. The van der Waals surface area contributed by atoms with Crippen LogP contribution in [0.2, 0.25) is 0 Å². The first-order valence-corrected chi connectivity index (χ1v) is 10.5. The second-order valence-electron chi connectivity index (χ2n) is 8.18. The fourth-order valence-electron chi connectivity index (χ4n) is 3.55. The van der Waals surface area contributed by atoms with Gasteiger partial charge in [-0.05, 0) is 45.2 Å². The van der Waals surface area contributed by atoms with E-state index in [1.54, 1.807) is 26.0 Å². The van der Waals surface area contributed by atoms with E-state index in [-0.39, 0.29) is 17.2 Å². The van der Waals surface area contributed by atoms with Gasteiger partial charge in [0.15, 0.2) is 6.61 Å². The zero-order chi connectivity index (χ0) is 24.3. The van der Waals surface area contributed by atoms with Crippen molar-refractivity contribution in [2.75, 3.05) is 13.7 Å². The van der Waals surface area contributed by atoms with Crippen LogP contribution >= 0.6 is 0 Å². The molecule has 0 radical (unpaired) electrons. The van der Waals surface area contributed by atoms with Crippen molar-refractivity contribution >= 4 is 28.9 Å². The SMILES string of the molecule is COC(=O)C(CC(C)C)NC(=O)COC(=O)c1cc(-c2cc(C)oc2C)nc2onc(C)c12. The highest BCUT2D eigenvalue weighted by Gasteiger charge is 2.25. The van der Waals surface area contributed by atoms with E-state index >= 15 is 0 Å². The van der Waals surface area contributed by atoms with Crippen molar-refractivity contribution in [3.63, 3.8) is 0 Å². The number of pyridine rings is 1. The van der Waals surface area contributed by atoms with Gasteiger partial charge in [-0.25, -0.2) is 14.6 Å². The number of carbonyl (C=O) groups is 3. The van der Waals surface area contributed by atoms with Gasteiger partial charge in [-0.2, -0.15) is 0 Å². The number of carbonyl (C=O) groups excluding carboxylic acids is 3. The van der Waals surface area contributed by atoms with Gasteiger partial charge < -0.3 is 23.7 Å². The van der Waals surface area contributed by atoms with Gasteiger partial charge >= 0.3 is 11.9 Å². The van der Waals surface area contributed by atoms with E-state index in [0.29, 0.717) is 40.3 Å². The summed E-state index contributed by atoms with van der Waals surface area (Å²) in [6, 6.07) is 2.53. The van der Waals surface area contributed by atoms with Gasteiger partial charge in [-0.15, -0.1) is 0 Å². The van der Waals surface area contributed by atoms with E-state index in [1.807, 2.05) is 20.8 Å². The maximum Gasteiger partial charge on any atom is 0.339 e. The number of aromatic nitrogens is 2. The topological polar surface area (TPSA) is 134 Å². The molecule has 0 aliphatic carbocycles. The van der Waals surface area contributed by atoms with Gasteiger partial charge in [0.05, 0.1) is 29.4 Å². The summed E-state index contributed by atoms with van der Waals surface area (Å²) in [5.41, 5.74) is 1.94. The number of furan rings is 1. The predicted molar refractivity (Wildman–Crippen MR) is 117 cm³/mol. The van der Waals surface area contributed by atoms with Crippen LogP contribution in [0.3, 0.4) is 0 Å². The Labute approximate surface area is 190 Å². The van der Waals surface area contributed by atoms with Crippen LogP contribution in [-0.2, 0) is 19.1 Å². The average molecular weight is 457 g/mol. The molecule has 1 amide bonds. The molecule has 10 heteroatoms. The average Bonchev–Trinajstić information content (AvgIpc) is 3.31. The monoisotopic (exact) mass is 457 g/mol. The number of esters is 2. The molecule has 0 aliphatic rings. The lowest BCUT2D eigenvalue weighted by atomic mass is 10.0. The third-order valence-electron chi connectivity index (χ3n) is 5.02. The molecule has 3 heterocycles. The highest BCUT2D eigenvalue weighted by Crippen LogP contribution is 2.30. The molecule has 0 fully saturated rings. The quantitative estimate of drug-likeness (QED) is 0.506. The number of amides is 1. The Hall–Kier alpha value is -3.69. The van der Waals surface area contributed by atoms with Crippen LogP contribution < -0.4 is 5.32 Å². The van der Waals surface area contributed by atoms with Crippen LogP contribution in [0.15, 0.2) is 21.1 Å². The molecule has 3 rings (SSSR count). The number of rotatable bonds is 8. The number of ether oxygens (including phenoxy) is 2. The van der Waals surface area contributed by atoms with Crippen LogP contribution in [0.1, 0.15) is 47.8 Å². The van der Waals surface area contributed by atoms with E-state index in [4.69, 9.17) is 18.4 Å². The minimum Gasteiger partial charge on any atom is -0.467 e. The first kappa shape index (κ1) is 24.0. The Bertz CT molecular complexity index is 1190. The fraction of sp³-hybridized carbons (Fsp3) is 0.435. The lowest BCUT2D eigenvalue weighted by molar-refractivity contribution is -0.145. The summed E-state index contributed by atoms with van der Waals surface area (Å²) in [4.78, 5) is 41.7. The van der Waals surface area contributed by atoms with E-state index in [2.05, 4.69) is 15.5 Å². The maximum atomic E-state index is 12.9. The van der Waals surface area contributed by atoms with E-state index in [0.717, 1.165) is 0 Å². The molecule has 176 valence electrons. The standard InChI is InChI=1S/C23H27N3O7/c1-11(2)7-18(23(29)30-6)24-19(27)10-31-22(28)16-9-17(15-8-12(3)32-14(15)5)25-21-20(16)13(4)26-33-21/h8-9,11,18H,7,10H2,1-6H3,(H,24,27). The number of fused-ring (bicyclic) bond motifs is 1. The fourth-order valence-corrected chi connectivity index (χ4v) is 3.55. The Morgan fingerprint density at radius 2 is 1.88 bits per heavy atom. The first-order chi connectivity index (χ1) is 15.6. The molecule has 3 aromatic rings. The molecule has 1 unspecified atom stereocenters. The smallest absolute Gasteiger partial charge is 0.339 e. The molecule has 3 aromatic heterocycles. The molecule has 0 aliphatic heterocycles. The molecule has 33 heavy (non-hydrogen) atoms. The number of aryl methyl sites for hydroxylation is 3. The Morgan fingerprint density at radius 3 is 2.48 bits per heavy atom. The van der Waals surface area contributed by atoms with Crippen LogP contribution in [0.4, 0.5) is 0 Å². The zero-order valence-electron chi connectivity index (χ0n) is 19.5. The molecule has 1 N–H and O–H groups in total. The van der Waals surface area contributed by atoms with Gasteiger partial charge in [0, 0.05) is 5.56 Å². The summed E-state index contributed by atoms with van der Waals surface area (Å²) in [6.45, 7) is 8.53. The molecular weight excluding hydrogens is 430 g/mol. The Morgan fingerprint density at radius 1 is 1.15 bits per heavy atom. The summed E-state index contributed by atoms with van der Waals surface area (Å²) in [7, 11) is 1.25. The lowest BCUT2D eigenvalue weighted by Gasteiger charge is -2.18. The molecular formula is C23H27N3O7. The molecule has 0 spiro atoms. The summed E-state index contributed by atoms with van der Waals surface area (Å²) < 4.78 is 20.8. The first-order valence-electron chi connectivity index (χ1n) is 10.5. The molecule has 0 aromatic carbocycles. The molecule has 1 atom stereocenters. The van der Waals surface area contributed by atoms with E-state index in [1.165, 1.54) is 7.11 Å². The third-order valence-corrected chi connectivity index (χ3v) is 5.02. The summed E-state index contributed by atoms with van der Waals surface area (Å²) in [6.07, 6.45) is 0.393. The highest BCUT2D eigenvalue weighted by molar-refractivity contribution is 6.05. The van der Waals surface area contributed by atoms with E-state index < -0.39 is 30.5 Å².